The van der Waals surface area contributed by atoms with E-state index in [1.165, 1.54) is 25.3 Å². The van der Waals surface area contributed by atoms with Crippen LogP contribution in [0.4, 0.5) is 10.5 Å². The van der Waals surface area contributed by atoms with Crippen molar-refractivity contribution in [3.05, 3.63) is 168 Å². The lowest BCUT2D eigenvalue weighted by Gasteiger charge is -2.46. The van der Waals surface area contributed by atoms with Crippen LogP contribution in [0.25, 0.3) is 11.0 Å². The molecule has 0 aliphatic carbocycles. The molecule has 6 aromatic rings. The predicted molar refractivity (Wildman–Crippen MR) is 231 cm³/mol. The Bertz CT molecular complexity index is 2790. The zero-order valence-electron chi connectivity index (χ0n) is 34.2. The number of fused-ring (bicyclic) bond motifs is 4. The van der Waals surface area contributed by atoms with Crippen LogP contribution in [0, 0.1) is 17.8 Å². The number of phenolic OH excluding ortho intramolecular Hbond substituents is 1. The van der Waals surface area contributed by atoms with Crippen molar-refractivity contribution in [3.63, 3.8) is 0 Å². The number of para-hydroxylation sites is 1. The molecule has 14 heteroatoms. The van der Waals surface area contributed by atoms with Crippen molar-refractivity contribution in [2.45, 2.75) is 36.2 Å². The Kier molecular flexibility index (Phi) is 11.0. The molecule has 0 saturated carbocycles. The predicted octanol–water partition coefficient (Wildman–Crippen LogP) is 5.94. The van der Waals surface area contributed by atoms with Crippen LogP contribution in [0.15, 0.2) is 140 Å². The second-order valence-corrected chi connectivity index (χ2v) is 15.4. The first-order valence-corrected chi connectivity index (χ1v) is 20.4. The molecular formula is C49H42N6O8. The minimum Gasteiger partial charge on any atom is -0.508 e. The summed E-state index contributed by atoms with van der Waals surface area (Å²) < 4.78 is 18.9. The maximum atomic E-state index is 16.1. The maximum Gasteiger partial charge on any atom is 0.421 e. The third kappa shape index (κ3) is 6.97. The van der Waals surface area contributed by atoms with Crippen LogP contribution < -0.4 is 10.2 Å². The van der Waals surface area contributed by atoms with Gasteiger partial charge in [0.25, 0.3) is 0 Å². The van der Waals surface area contributed by atoms with Crippen molar-refractivity contribution in [1.82, 2.24) is 25.2 Å². The van der Waals surface area contributed by atoms with Gasteiger partial charge in [0.15, 0.2) is 0 Å². The molecule has 3 aliphatic rings. The van der Waals surface area contributed by atoms with E-state index in [2.05, 4.69) is 34.0 Å². The molecule has 2 N–H and O–H groups in total. The summed E-state index contributed by atoms with van der Waals surface area (Å²) in [6, 6.07) is 34.3. The molecule has 6 atom stereocenters. The number of anilines is 1. The summed E-state index contributed by atoms with van der Waals surface area (Å²) in [5.41, 5.74) is 2.32. The molecular weight excluding hydrogens is 801 g/mol. The Morgan fingerprint density at radius 1 is 0.889 bits per heavy atom. The second kappa shape index (κ2) is 17.0. The van der Waals surface area contributed by atoms with Crippen molar-refractivity contribution in [2.24, 2.45) is 5.92 Å². The molecule has 0 bridgehead atoms. The van der Waals surface area contributed by atoms with Gasteiger partial charge in [-0.2, -0.15) is 0 Å². The van der Waals surface area contributed by atoms with Crippen molar-refractivity contribution in [3.8, 4) is 17.6 Å². The molecule has 0 unspecified atom stereocenters. The first kappa shape index (κ1) is 40.8. The molecule has 63 heavy (non-hydrogen) atoms. The minimum absolute atomic E-state index is 0.0120. The number of morpholine rings is 1. The zero-order valence-corrected chi connectivity index (χ0v) is 34.2. The van der Waals surface area contributed by atoms with Crippen LogP contribution in [-0.4, -0.2) is 81.8 Å². The molecule has 9 rings (SSSR count). The van der Waals surface area contributed by atoms with Gasteiger partial charge in [0.1, 0.15) is 42.0 Å². The quantitative estimate of drug-likeness (QED) is 0.0726. The van der Waals surface area contributed by atoms with Gasteiger partial charge in [-0.05, 0) is 64.7 Å². The largest absolute Gasteiger partial charge is 0.508 e. The van der Waals surface area contributed by atoms with Crippen LogP contribution in [0.3, 0.4) is 0 Å². The molecule has 0 radical (unpaired) electrons. The number of imide groups is 1. The Labute approximate surface area is 362 Å². The highest BCUT2D eigenvalue weighted by Crippen LogP contribution is 2.66. The molecule has 2 saturated heterocycles. The number of rotatable bonds is 10. The molecule has 4 heterocycles. The molecule has 3 amide bonds. The number of benzene rings is 5. The van der Waals surface area contributed by atoms with Crippen molar-refractivity contribution in [2.75, 3.05) is 31.8 Å². The number of methoxy groups -OCH3 is 1. The number of aromatic hydroxyl groups is 1. The van der Waals surface area contributed by atoms with Crippen LogP contribution >= 0.6 is 0 Å². The first-order chi connectivity index (χ1) is 30.8. The molecule has 3 aliphatic heterocycles. The SMILES string of the molecule is C=CCNC(=O)[C@H]1[C@@H]2C(=O)O[C@@H](c3ccccc3)[C@@H](c3ccccc3)N2[C@@H](c2ccc(O)cc2)[C@]12C(=O)N(C(=O)OCCOC)c1ccc(C#CCn3nnc4ccccc43)cc12. The number of aromatic nitrogens is 3. The van der Waals surface area contributed by atoms with Crippen molar-refractivity contribution in [1.29, 1.82) is 0 Å². The molecule has 14 nitrogen and oxygen atoms in total. The van der Waals surface area contributed by atoms with E-state index in [0.717, 1.165) is 21.5 Å². The number of ether oxygens (including phenoxy) is 3. The normalized spacial score (nSPS) is 22.5. The number of nitrogens with one attached hydrogen (secondary N) is 1. The molecule has 2 fully saturated rings. The van der Waals surface area contributed by atoms with E-state index in [1.54, 1.807) is 35.0 Å². The fraction of sp³-hybridized carbons (Fsp3) is 0.224. The summed E-state index contributed by atoms with van der Waals surface area (Å²) in [4.78, 5) is 63.4. The fourth-order valence-corrected chi connectivity index (χ4v) is 9.43. The van der Waals surface area contributed by atoms with Gasteiger partial charge < -0.3 is 24.6 Å². The summed E-state index contributed by atoms with van der Waals surface area (Å²) in [5, 5.41) is 22.0. The van der Waals surface area contributed by atoms with Gasteiger partial charge in [0.05, 0.1) is 35.8 Å². The topological polar surface area (TPSA) is 165 Å². The van der Waals surface area contributed by atoms with E-state index in [4.69, 9.17) is 14.2 Å². The van der Waals surface area contributed by atoms with Gasteiger partial charge in [0.2, 0.25) is 11.8 Å². The third-order valence-electron chi connectivity index (χ3n) is 11.9. The van der Waals surface area contributed by atoms with E-state index < -0.39 is 59.4 Å². The highest BCUT2D eigenvalue weighted by molar-refractivity contribution is 6.23. The van der Waals surface area contributed by atoms with Crippen LogP contribution in [-0.2, 0) is 40.6 Å². The Balaban J connectivity index is 1.31. The lowest BCUT2D eigenvalue weighted by molar-refractivity contribution is -0.178. The summed E-state index contributed by atoms with van der Waals surface area (Å²) in [6.07, 6.45) is -0.390. The standard InChI is InChI=1S/C49H42N6O8/c1-3-26-50-45(57)40-42-46(58)63-43(33-16-8-5-9-17-33)41(32-14-6-4-7-15-32)55(42)44(34-21-23-35(56)24-22-34)49(40)36-30-31(13-12-27-53-39-19-11-10-18-37(39)51-52-53)20-25-38(36)54(47(49)59)48(60)62-29-28-61-2/h3-11,14-25,30,40-44,56H,1,26-29H2,2H3,(H,50,57)/t40-,41-,42-,43+,44+,49-/m1/s1. The average Bonchev–Trinajstić information content (AvgIpc) is 3.95. The number of amides is 3. The molecule has 5 aromatic carbocycles. The Morgan fingerprint density at radius 3 is 2.33 bits per heavy atom. The summed E-state index contributed by atoms with van der Waals surface area (Å²) in [6.45, 7) is 3.89. The summed E-state index contributed by atoms with van der Waals surface area (Å²) in [7, 11) is 1.46. The number of hydrogen-bond donors (Lipinski definition) is 2. The summed E-state index contributed by atoms with van der Waals surface area (Å²) >= 11 is 0. The number of carbonyl (C=O) groups excluding carboxylic acids is 4. The number of nitrogens with zero attached hydrogens (tertiary/aromatic N) is 5. The van der Waals surface area contributed by atoms with Gasteiger partial charge in [-0.3, -0.25) is 19.3 Å². The molecule has 1 spiro atoms. The smallest absolute Gasteiger partial charge is 0.421 e. The van der Waals surface area contributed by atoms with Gasteiger partial charge in [-0.1, -0.05) is 108 Å². The van der Waals surface area contributed by atoms with Gasteiger partial charge in [-0.25, -0.2) is 14.4 Å². The van der Waals surface area contributed by atoms with E-state index in [0.29, 0.717) is 16.7 Å². The zero-order chi connectivity index (χ0) is 43.7. The third-order valence-corrected chi connectivity index (χ3v) is 11.9. The molecule has 1 aromatic heterocycles. The minimum atomic E-state index is -2.01. The van der Waals surface area contributed by atoms with E-state index in [1.807, 2.05) is 89.8 Å². The Hall–Kier alpha value is -7.60. The number of carbonyl (C=O) groups is 4. The maximum absolute atomic E-state index is 16.1. The number of phenols is 1. The number of hydrogen-bond acceptors (Lipinski definition) is 11. The highest BCUT2D eigenvalue weighted by Gasteiger charge is 2.75. The first-order valence-electron chi connectivity index (χ1n) is 20.4. The Morgan fingerprint density at radius 2 is 1.60 bits per heavy atom. The van der Waals surface area contributed by atoms with E-state index in [-0.39, 0.29) is 43.3 Å². The lowest BCUT2D eigenvalue weighted by atomic mass is 9.65. The highest BCUT2D eigenvalue weighted by atomic mass is 16.6. The van der Waals surface area contributed by atoms with Crippen LogP contribution in [0.2, 0.25) is 0 Å². The van der Waals surface area contributed by atoms with E-state index in [9.17, 15) is 9.90 Å². The van der Waals surface area contributed by atoms with Crippen LogP contribution in [0.5, 0.6) is 5.75 Å². The van der Waals surface area contributed by atoms with Crippen molar-refractivity contribution < 1.29 is 38.5 Å². The van der Waals surface area contributed by atoms with E-state index >= 15 is 14.4 Å². The summed E-state index contributed by atoms with van der Waals surface area (Å²) in [5.74, 6) is 2.67. The second-order valence-electron chi connectivity index (χ2n) is 15.4. The molecule has 316 valence electrons. The van der Waals surface area contributed by atoms with Crippen molar-refractivity contribution >= 4 is 40.6 Å². The fourth-order valence-electron chi connectivity index (χ4n) is 9.43. The van der Waals surface area contributed by atoms with Gasteiger partial charge in [0, 0.05) is 19.2 Å². The number of cyclic esters (lactones) is 1. The van der Waals surface area contributed by atoms with Gasteiger partial charge in [-0.15, -0.1) is 11.7 Å². The monoisotopic (exact) mass is 842 g/mol. The van der Waals surface area contributed by atoms with Gasteiger partial charge >= 0.3 is 12.1 Å². The average molecular weight is 843 g/mol. The lowest BCUT2D eigenvalue weighted by Crippen LogP contribution is -2.55. The van der Waals surface area contributed by atoms with Crippen LogP contribution in [0.1, 0.15) is 46.0 Å². The number of esters is 1.